The van der Waals surface area contributed by atoms with Gasteiger partial charge < -0.3 is 9.64 Å². The molecule has 0 aromatic carbocycles. The van der Waals surface area contributed by atoms with Gasteiger partial charge in [0.05, 0.1) is 6.54 Å². The van der Waals surface area contributed by atoms with E-state index in [0.29, 0.717) is 0 Å². The molecule has 2 saturated heterocycles. The van der Waals surface area contributed by atoms with Crippen LogP contribution in [0.25, 0.3) is 0 Å². The Morgan fingerprint density at radius 2 is 1.88 bits per heavy atom. The number of halogens is 2. The maximum absolute atomic E-state index is 13.0. The first kappa shape index (κ1) is 10.9. The monoisotopic (exact) mass is 232 g/mol. The summed E-state index contributed by atoms with van der Waals surface area (Å²) in [5.41, 5.74) is -0.465. The third-order valence-corrected chi connectivity index (χ3v) is 3.90. The van der Waals surface area contributed by atoms with Crippen LogP contribution < -0.4 is 5.32 Å². The Balaban J connectivity index is 1.56. The Morgan fingerprint density at radius 3 is 2.38 bits per heavy atom. The van der Waals surface area contributed by atoms with Crippen molar-refractivity contribution >= 4 is 0 Å². The summed E-state index contributed by atoms with van der Waals surface area (Å²) in [4.78, 5) is 2.46. The van der Waals surface area contributed by atoms with Crippen molar-refractivity contribution in [3.63, 3.8) is 0 Å². The Morgan fingerprint density at radius 1 is 1.19 bits per heavy atom. The van der Waals surface area contributed by atoms with E-state index in [1.54, 1.807) is 0 Å². The lowest BCUT2D eigenvalue weighted by atomic mass is 9.98. The van der Waals surface area contributed by atoms with Gasteiger partial charge in [0.1, 0.15) is 12.3 Å². The molecule has 16 heavy (non-hydrogen) atoms. The maximum Gasteiger partial charge on any atom is 0.283 e. The maximum atomic E-state index is 13.0. The van der Waals surface area contributed by atoms with E-state index >= 15 is 0 Å². The van der Waals surface area contributed by atoms with Crippen molar-refractivity contribution in [3.05, 3.63) is 0 Å². The Labute approximate surface area is 94.1 Å². The van der Waals surface area contributed by atoms with Crippen LogP contribution in [0.15, 0.2) is 0 Å². The van der Waals surface area contributed by atoms with E-state index in [9.17, 15) is 8.78 Å². The average Bonchev–Trinajstić information content (AvgIpc) is 3.08. The summed E-state index contributed by atoms with van der Waals surface area (Å²) in [5, 5.41) is 2.91. The summed E-state index contributed by atoms with van der Waals surface area (Å²) in [6.45, 7) is 1.28. The zero-order valence-corrected chi connectivity index (χ0v) is 9.35. The van der Waals surface area contributed by atoms with Crippen LogP contribution in [0.3, 0.4) is 0 Å². The van der Waals surface area contributed by atoms with Crippen molar-refractivity contribution in [2.45, 2.75) is 43.4 Å². The molecule has 0 bridgehead atoms. The first-order chi connectivity index (χ1) is 7.59. The van der Waals surface area contributed by atoms with Gasteiger partial charge in [-0.05, 0) is 12.8 Å². The molecule has 1 spiro atoms. The van der Waals surface area contributed by atoms with E-state index < -0.39 is 18.3 Å². The van der Waals surface area contributed by atoms with E-state index in [1.165, 1.54) is 12.8 Å². The van der Waals surface area contributed by atoms with Gasteiger partial charge in [-0.25, -0.2) is 8.78 Å². The first-order valence-electron chi connectivity index (χ1n) is 6.10. The van der Waals surface area contributed by atoms with Gasteiger partial charge in [0, 0.05) is 32.0 Å². The molecular formula is C11H18F2N2O. The molecule has 0 radical (unpaired) electrons. The smallest absolute Gasteiger partial charge is 0.283 e. The fourth-order valence-electron chi connectivity index (χ4n) is 2.65. The second kappa shape index (κ2) is 3.62. The van der Waals surface area contributed by atoms with Crippen LogP contribution in [0.5, 0.6) is 0 Å². The number of likely N-dealkylation sites (tertiary alicyclic amines) is 1. The van der Waals surface area contributed by atoms with Crippen molar-refractivity contribution in [2.75, 3.05) is 26.2 Å². The quantitative estimate of drug-likeness (QED) is 0.735. The highest BCUT2D eigenvalue weighted by molar-refractivity contribution is 4.95. The molecule has 3 fully saturated rings. The zero-order valence-electron chi connectivity index (χ0n) is 9.35. The highest BCUT2D eigenvalue weighted by Gasteiger charge is 2.46. The molecule has 2 aliphatic heterocycles. The normalized spacial score (nSPS) is 34.1. The summed E-state index contributed by atoms with van der Waals surface area (Å²) in [5.74, 6) is -2.70. The van der Waals surface area contributed by atoms with Gasteiger partial charge in [0.15, 0.2) is 0 Å². The second-order valence-corrected chi connectivity index (χ2v) is 5.26. The zero-order chi connectivity index (χ0) is 11.2. The lowest BCUT2D eigenvalue weighted by Gasteiger charge is -2.46. The predicted molar refractivity (Wildman–Crippen MR) is 55.5 cm³/mol. The lowest BCUT2D eigenvalue weighted by molar-refractivity contribution is -0.208. The third kappa shape index (κ3) is 2.08. The van der Waals surface area contributed by atoms with Crippen molar-refractivity contribution in [3.8, 4) is 0 Å². The van der Waals surface area contributed by atoms with E-state index in [1.807, 2.05) is 0 Å². The minimum atomic E-state index is -2.70. The highest BCUT2D eigenvalue weighted by atomic mass is 19.3. The number of nitrogens with one attached hydrogen (secondary N) is 1. The van der Waals surface area contributed by atoms with Crippen molar-refractivity contribution in [1.82, 2.24) is 10.2 Å². The summed E-state index contributed by atoms with van der Waals surface area (Å²) in [6, 6.07) is 0.766. The molecule has 0 aromatic rings. The van der Waals surface area contributed by atoms with Crippen LogP contribution in [0.4, 0.5) is 8.78 Å². The molecular weight excluding hydrogens is 214 g/mol. The SMILES string of the molecule is FC1(F)CNC2(CCN(C3CC3)CC2)OC1. The molecule has 1 N–H and O–H groups in total. The minimum absolute atomic E-state index is 0.240. The molecule has 3 rings (SSSR count). The van der Waals surface area contributed by atoms with Gasteiger partial charge in [0.2, 0.25) is 0 Å². The molecule has 1 saturated carbocycles. The number of piperidine rings is 1. The Bertz CT molecular complexity index is 261. The average molecular weight is 232 g/mol. The fraction of sp³-hybridized carbons (Fsp3) is 1.00. The number of nitrogens with zero attached hydrogens (tertiary/aromatic N) is 1. The molecule has 0 amide bonds. The molecule has 3 aliphatic rings. The van der Waals surface area contributed by atoms with Crippen molar-refractivity contribution < 1.29 is 13.5 Å². The molecule has 1 aliphatic carbocycles. The van der Waals surface area contributed by atoms with Crippen molar-refractivity contribution in [2.24, 2.45) is 0 Å². The Kier molecular flexibility index (Phi) is 2.46. The van der Waals surface area contributed by atoms with Gasteiger partial charge in [-0.2, -0.15) is 0 Å². The van der Waals surface area contributed by atoms with Crippen LogP contribution in [-0.4, -0.2) is 48.8 Å². The van der Waals surface area contributed by atoms with E-state index in [-0.39, 0.29) is 6.54 Å². The van der Waals surface area contributed by atoms with E-state index in [4.69, 9.17) is 4.74 Å². The van der Waals surface area contributed by atoms with Crippen molar-refractivity contribution in [1.29, 1.82) is 0 Å². The predicted octanol–water partition coefficient (Wildman–Crippen LogP) is 1.20. The molecule has 92 valence electrons. The fourth-order valence-corrected chi connectivity index (χ4v) is 2.65. The number of alkyl halides is 2. The molecule has 2 heterocycles. The summed E-state index contributed by atoms with van der Waals surface area (Å²) in [7, 11) is 0. The van der Waals surface area contributed by atoms with E-state index in [0.717, 1.165) is 32.0 Å². The lowest BCUT2D eigenvalue weighted by Crippen LogP contribution is -2.63. The van der Waals surface area contributed by atoms with Gasteiger partial charge in [-0.1, -0.05) is 0 Å². The van der Waals surface area contributed by atoms with Crippen LogP contribution in [0.1, 0.15) is 25.7 Å². The number of rotatable bonds is 1. The van der Waals surface area contributed by atoms with Gasteiger partial charge in [0.25, 0.3) is 5.92 Å². The number of hydrogen-bond donors (Lipinski definition) is 1. The topological polar surface area (TPSA) is 24.5 Å². The Hall–Kier alpha value is -0.260. The summed E-state index contributed by atoms with van der Waals surface area (Å²) >= 11 is 0. The van der Waals surface area contributed by atoms with Crippen LogP contribution in [-0.2, 0) is 4.74 Å². The first-order valence-corrected chi connectivity index (χ1v) is 6.10. The summed E-state index contributed by atoms with van der Waals surface area (Å²) in [6.07, 6.45) is 4.28. The minimum Gasteiger partial charge on any atom is -0.354 e. The summed E-state index contributed by atoms with van der Waals surface area (Å²) < 4.78 is 31.3. The van der Waals surface area contributed by atoms with Gasteiger partial charge in [-0.15, -0.1) is 0 Å². The number of hydrogen-bond acceptors (Lipinski definition) is 3. The second-order valence-electron chi connectivity index (χ2n) is 5.26. The molecule has 0 unspecified atom stereocenters. The van der Waals surface area contributed by atoms with E-state index in [2.05, 4.69) is 10.2 Å². The van der Waals surface area contributed by atoms with Crippen LogP contribution >= 0.6 is 0 Å². The largest absolute Gasteiger partial charge is 0.354 e. The molecule has 0 aromatic heterocycles. The molecule has 5 heteroatoms. The molecule has 3 nitrogen and oxygen atoms in total. The third-order valence-electron chi connectivity index (χ3n) is 3.90. The number of ether oxygens (including phenoxy) is 1. The van der Waals surface area contributed by atoms with Gasteiger partial charge >= 0.3 is 0 Å². The molecule has 0 atom stereocenters. The standard InChI is InChI=1S/C11H18F2N2O/c12-10(13)7-14-11(16-8-10)3-5-15(6-4-11)9-1-2-9/h9,14H,1-8H2. The van der Waals surface area contributed by atoms with Crippen LogP contribution in [0, 0.1) is 0 Å². The van der Waals surface area contributed by atoms with Crippen LogP contribution in [0.2, 0.25) is 0 Å². The van der Waals surface area contributed by atoms with Gasteiger partial charge in [-0.3, -0.25) is 5.32 Å². The highest BCUT2D eigenvalue weighted by Crippen LogP contribution is 2.35.